The van der Waals surface area contributed by atoms with Crippen molar-refractivity contribution in [2.45, 2.75) is 19.9 Å². The lowest BCUT2D eigenvalue weighted by Gasteiger charge is -2.17. The van der Waals surface area contributed by atoms with E-state index < -0.39 is 0 Å². The van der Waals surface area contributed by atoms with Gasteiger partial charge in [0, 0.05) is 44.3 Å². The van der Waals surface area contributed by atoms with Gasteiger partial charge in [-0.15, -0.1) is 11.3 Å². The molecule has 0 aliphatic heterocycles. The summed E-state index contributed by atoms with van der Waals surface area (Å²) in [7, 11) is 3.70. The molecule has 0 aliphatic carbocycles. The quantitative estimate of drug-likeness (QED) is 0.910. The van der Waals surface area contributed by atoms with Crippen molar-refractivity contribution in [2.75, 3.05) is 13.6 Å². The van der Waals surface area contributed by atoms with Crippen LogP contribution in [0.4, 0.5) is 4.79 Å². The van der Waals surface area contributed by atoms with Gasteiger partial charge in [-0.05, 0) is 6.92 Å². The topological polar surface area (TPSA) is 63.1 Å². The predicted octanol–water partition coefficient (Wildman–Crippen LogP) is 1.57. The van der Waals surface area contributed by atoms with Gasteiger partial charge in [-0.2, -0.15) is 0 Å². The number of thiazole rings is 1. The molecule has 0 aromatic carbocycles. The van der Waals surface area contributed by atoms with Crippen LogP contribution in [0.1, 0.15) is 16.4 Å². The van der Waals surface area contributed by atoms with Gasteiger partial charge in [0.15, 0.2) is 0 Å². The van der Waals surface area contributed by atoms with E-state index in [0.717, 1.165) is 17.9 Å². The number of rotatable bonds is 5. The SMILES string of the molecule is Cc1ncsc1CCN(C)C(=O)NCc1nccn1C. The van der Waals surface area contributed by atoms with E-state index >= 15 is 0 Å². The average molecular weight is 293 g/mol. The Morgan fingerprint density at radius 3 is 2.90 bits per heavy atom. The minimum atomic E-state index is -0.0878. The first-order valence-electron chi connectivity index (χ1n) is 6.42. The van der Waals surface area contributed by atoms with Crippen molar-refractivity contribution in [1.29, 1.82) is 0 Å². The van der Waals surface area contributed by atoms with E-state index in [0.29, 0.717) is 13.1 Å². The second kappa shape index (κ2) is 6.51. The molecule has 0 fully saturated rings. The third-order valence-electron chi connectivity index (χ3n) is 3.18. The van der Waals surface area contributed by atoms with E-state index in [4.69, 9.17) is 0 Å². The Balaban J connectivity index is 1.77. The van der Waals surface area contributed by atoms with E-state index in [1.807, 2.05) is 30.2 Å². The van der Waals surface area contributed by atoms with Crippen molar-refractivity contribution in [2.24, 2.45) is 7.05 Å². The number of hydrogen-bond acceptors (Lipinski definition) is 4. The fourth-order valence-electron chi connectivity index (χ4n) is 1.79. The Morgan fingerprint density at radius 1 is 1.50 bits per heavy atom. The maximum Gasteiger partial charge on any atom is 0.317 e. The molecule has 7 heteroatoms. The van der Waals surface area contributed by atoms with Crippen LogP contribution in [0.3, 0.4) is 0 Å². The number of hydrogen-bond donors (Lipinski definition) is 1. The van der Waals surface area contributed by atoms with Crippen LogP contribution in [0.5, 0.6) is 0 Å². The largest absolute Gasteiger partial charge is 0.337 e. The predicted molar refractivity (Wildman–Crippen MR) is 78.6 cm³/mol. The molecule has 0 unspecified atom stereocenters. The zero-order valence-electron chi connectivity index (χ0n) is 12.0. The molecule has 0 saturated carbocycles. The van der Waals surface area contributed by atoms with Gasteiger partial charge >= 0.3 is 6.03 Å². The summed E-state index contributed by atoms with van der Waals surface area (Å²) >= 11 is 1.63. The second-order valence-electron chi connectivity index (χ2n) is 4.65. The first-order valence-corrected chi connectivity index (χ1v) is 7.30. The number of likely N-dealkylation sites (N-methyl/N-ethyl adjacent to an activating group) is 1. The van der Waals surface area contributed by atoms with Gasteiger partial charge in [-0.3, -0.25) is 0 Å². The van der Waals surface area contributed by atoms with Crippen molar-refractivity contribution in [1.82, 2.24) is 24.8 Å². The summed E-state index contributed by atoms with van der Waals surface area (Å²) in [6.45, 7) is 3.11. The first-order chi connectivity index (χ1) is 9.58. The van der Waals surface area contributed by atoms with Crippen molar-refractivity contribution < 1.29 is 4.79 Å². The van der Waals surface area contributed by atoms with Gasteiger partial charge < -0.3 is 14.8 Å². The number of imidazole rings is 1. The normalized spacial score (nSPS) is 10.6. The number of carbonyl (C=O) groups excluding carboxylic acids is 1. The Kier molecular flexibility index (Phi) is 4.73. The van der Waals surface area contributed by atoms with E-state index in [2.05, 4.69) is 15.3 Å². The third kappa shape index (κ3) is 3.57. The van der Waals surface area contributed by atoms with E-state index in [1.165, 1.54) is 4.88 Å². The highest BCUT2D eigenvalue weighted by Gasteiger charge is 2.10. The van der Waals surface area contributed by atoms with Crippen LogP contribution in [0, 0.1) is 6.92 Å². The lowest BCUT2D eigenvalue weighted by Crippen LogP contribution is -2.38. The van der Waals surface area contributed by atoms with Crippen LogP contribution in [0.15, 0.2) is 17.9 Å². The zero-order chi connectivity index (χ0) is 14.5. The minimum Gasteiger partial charge on any atom is -0.337 e. The molecule has 20 heavy (non-hydrogen) atoms. The minimum absolute atomic E-state index is 0.0878. The van der Waals surface area contributed by atoms with Crippen molar-refractivity contribution in [3.8, 4) is 0 Å². The summed E-state index contributed by atoms with van der Waals surface area (Å²) in [5.74, 6) is 0.838. The molecule has 6 nitrogen and oxygen atoms in total. The Bertz CT molecular complexity index is 577. The highest BCUT2D eigenvalue weighted by Crippen LogP contribution is 2.12. The van der Waals surface area contributed by atoms with Crippen LogP contribution < -0.4 is 5.32 Å². The molecule has 2 aromatic heterocycles. The lowest BCUT2D eigenvalue weighted by atomic mass is 10.3. The molecule has 0 spiro atoms. The molecular formula is C13H19N5OS. The van der Waals surface area contributed by atoms with Crippen molar-refractivity contribution >= 4 is 17.4 Å². The van der Waals surface area contributed by atoms with Crippen LogP contribution in [-0.4, -0.2) is 39.1 Å². The summed E-state index contributed by atoms with van der Waals surface area (Å²) < 4.78 is 1.89. The molecule has 2 rings (SSSR count). The number of nitrogens with zero attached hydrogens (tertiary/aromatic N) is 4. The molecule has 0 bridgehead atoms. The number of urea groups is 1. The summed E-state index contributed by atoms with van der Waals surface area (Å²) in [5.41, 5.74) is 2.89. The van der Waals surface area contributed by atoms with Crippen LogP contribution in [0.2, 0.25) is 0 Å². The molecule has 2 amide bonds. The maximum absolute atomic E-state index is 12.0. The number of amides is 2. The molecule has 108 valence electrons. The molecule has 0 atom stereocenters. The van der Waals surface area contributed by atoms with Gasteiger partial charge in [-0.25, -0.2) is 14.8 Å². The smallest absolute Gasteiger partial charge is 0.317 e. The number of nitrogens with one attached hydrogen (secondary N) is 1. The van der Waals surface area contributed by atoms with Crippen LogP contribution >= 0.6 is 11.3 Å². The van der Waals surface area contributed by atoms with E-state index in [-0.39, 0.29) is 6.03 Å². The van der Waals surface area contributed by atoms with Gasteiger partial charge in [-0.1, -0.05) is 0 Å². The Hall–Kier alpha value is -1.89. The highest BCUT2D eigenvalue weighted by molar-refractivity contribution is 7.09. The first kappa shape index (κ1) is 14.5. The highest BCUT2D eigenvalue weighted by atomic mass is 32.1. The summed E-state index contributed by atoms with van der Waals surface area (Å²) in [5, 5.41) is 2.86. The summed E-state index contributed by atoms with van der Waals surface area (Å²) in [4.78, 5) is 23.2. The molecule has 0 aliphatic rings. The van der Waals surface area contributed by atoms with Gasteiger partial charge in [0.2, 0.25) is 0 Å². The van der Waals surface area contributed by atoms with Crippen molar-refractivity contribution in [3.05, 3.63) is 34.3 Å². The maximum atomic E-state index is 12.0. The number of aromatic nitrogens is 3. The molecule has 2 aromatic rings. The van der Waals surface area contributed by atoms with Crippen LogP contribution in [-0.2, 0) is 20.0 Å². The fraction of sp³-hybridized carbons (Fsp3) is 0.462. The van der Waals surface area contributed by atoms with E-state index in [9.17, 15) is 4.79 Å². The monoisotopic (exact) mass is 293 g/mol. The molecule has 0 radical (unpaired) electrons. The molecule has 0 saturated heterocycles. The second-order valence-corrected chi connectivity index (χ2v) is 5.58. The van der Waals surface area contributed by atoms with Crippen molar-refractivity contribution in [3.63, 3.8) is 0 Å². The number of aryl methyl sites for hydroxylation is 2. The van der Waals surface area contributed by atoms with Gasteiger partial charge in [0.05, 0.1) is 17.7 Å². The lowest BCUT2D eigenvalue weighted by molar-refractivity contribution is 0.208. The third-order valence-corrected chi connectivity index (χ3v) is 4.18. The molecular weight excluding hydrogens is 274 g/mol. The average Bonchev–Trinajstić information content (AvgIpc) is 3.02. The molecule has 2 heterocycles. The number of carbonyl (C=O) groups is 1. The standard InChI is InChI=1S/C13H19N5OS/c1-10-11(20-9-16-10)4-6-18(3)13(19)15-8-12-14-5-7-17(12)2/h5,7,9H,4,6,8H2,1-3H3,(H,15,19). The Labute approximate surface area is 122 Å². The van der Waals surface area contributed by atoms with Gasteiger partial charge in [0.1, 0.15) is 5.82 Å². The van der Waals surface area contributed by atoms with Gasteiger partial charge in [0.25, 0.3) is 0 Å². The van der Waals surface area contributed by atoms with E-state index in [1.54, 1.807) is 29.5 Å². The fourth-order valence-corrected chi connectivity index (χ4v) is 2.56. The zero-order valence-corrected chi connectivity index (χ0v) is 12.8. The summed E-state index contributed by atoms with van der Waals surface area (Å²) in [6, 6.07) is -0.0878. The molecule has 1 N–H and O–H groups in total. The Morgan fingerprint density at radius 2 is 2.30 bits per heavy atom. The summed E-state index contributed by atoms with van der Waals surface area (Å²) in [6.07, 6.45) is 4.42. The van der Waals surface area contributed by atoms with Crippen LogP contribution in [0.25, 0.3) is 0 Å².